The van der Waals surface area contributed by atoms with Crippen LogP contribution in [0.2, 0.25) is 0 Å². The molecule has 2 saturated carbocycles. The van der Waals surface area contributed by atoms with E-state index in [1.165, 1.54) is 19.3 Å². The molecule has 2 aliphatic carbocycles. The first-order chi connectivity index (χ1) is 6.18. The van der Waals surface area contributed by atoms with Gasteiger partial charge in [-0.25, -0.2) is 0 Å². The second-order valence-electron chi connectivity index (χ2n) is 4.64. The fourth-order valence-corrected chi connectivity index (χ4v) is 3.41. The van der Waals surface area contributed by atoms with E-state index in [0.717, 1.165) is 12.3 Å². The van der Waals surface area contributed by atoms with E-state index in [4.69, 9.17) is 10.8 Å². The van der Waals surface area contributed by atoms with Crippen LogP contribution in [0, 0.1) is 17.3 Å². The Labute approximate surface area is 78.3 Å². The highest BCUT2D eigenvalue weighted by atomic mass is 16.4. The number of fused-ring (bicyclic) bond motifs is 1. The van der Waals surface area contributed by atoms with E-state index in [1.54, 1.807) is 0 Å². The molecule has 1 unspecified atom stereocenters. The molecule has 0 amide bonds. The lowest BCUT2D eigenvalue weighted by Crippen LogP contribution is -2.51. The summed E-state index contributed by atoms with van der Waals surface area (Å²) in [5, 5.41) is 8.81. The monoisotopic (exact) mass is 183 g/mol. The van der Waals surface area contributed by atoms with Crippen LogP contribution in [0.1, 0.15) is 32.1 Å². The van der Waals surface area contributed by atoms with Crippen LogP contribution in [0.3, 0.4) is 0 Å². The van der Waals surface area contributed by atoms with Crippen LogP contribution >= 0.6 is 0 Å². The minimum absolute atomic E-state index is 0.0347. The van der Waals surface area contributed by atoms with Crippen molar-refractivity contribution in [3.05, 3.63) is 0 Å². The van der Waals surface area contributed by atoms with E-state index in [-0.39, 0.29) is 11.8 Å². The number of carboxylic acids is 1. The number of hydrogen-bond donors (Lipinski definition) is 2. The first-order valence-corrected chi connectivity index (χ1v) is 5.10. The molecule has 74 valence electrons. The summed E-state index contributed by atoms with van der Waals surface area (Å²) < 4.78 is 0. The minimum Gasteiger partial charge on any atom is -0.481 e. The van der Waals surface area contributed by atoms with Crippen molar-refractivity contribution in [2.75, 3.05) is 6.54 Å². The van der Waals surface area contributed by atoms with Crippen molar-refractivity contribution in [3.8, 4) is 0 Å². The molecule has 0 saturated heterocycles. The van der Waals surface area contributed by atoms with Gasteiger partial charge in [-0.05, 0) is 36.6 Å². The molecule has 0 aliphatic heterocycles. The number of carbonyl (C=O) groups is 1. The Bertz CT molecular complexity index is 229. The van der Waals surface area contributed by atoms with Crippen molar-refractivity contribution in [2.24, 2.45) is 23.0 Å². The fourth-order valence-electron chi connectivity index (χ4n) is 3.41. The number of carboxylic acid groups (broad SMARTS) is 1. The summed E-state index contributed by atoms with van der Waals surface area (Å²) in [5.41, 5.74) is 5.68. The zero-order valence-corrected chi connectivity index (χ0v) is 7.83. The highest BCUT2D eigenvalue weighted by Crippen LogP contribution is 2.60. The molecule has 0 radical (unpaired) electrons. The Morgan fingerprint density at radius 2 is 2.31 bits per heavy atom. The van der Waals surface area contributed by atoms with Gasteiger partial charge in [0.05, 0.1) is 6.42 Å². The molecule has 3 heteroatoms. The molecule has 2 rings (SSSR count). The highest BCUT2D eigenvalue weighted by Gasteiger charge is 2.55. The highest BCUT2D eigenvalue weighted by molar-refractivity contribution is 5.68. The van der Waals surface area contributed by atoms with E-state index < -0.39 is 5.97 Å². The Morgan fingerprint density at radius 1 is 1.54 bits per heavy atom. The summed E-state index contributed by atoms with van der Waals surface area (Å²) >= 11 is 0. The molecule has 2 fully saturated rings. The second kappa shape index (κ2) is 2.98. The van der Waals surface area contributed by atoms with Gasteiger partial charge in [-0.2, -0.15) is 0 Å². The lowest BCUT2D eigenvalue weighted by Gasteiger charge is -2.51. The van der Waals surface area contributed by atoms with Gasteiger partial charge in [-0.15, -0.1) is 0 Å². The largest absolute Gasteiger partial charge is 0.481 e. The van der Waals surface area contributed by atoms with Crippen molar-refractivity contribution >= 4 is 5.97 Å². The van der Waals surface area contributed by atoms with Crippen LogP contribution < -0.4 is 5.73 Å². The molecule has 0 aromatic carbocycles. The predicted octanol–water partition coefficient (Wildman–Crippen LogP) is 1.23. The van der Waals surface area contributed by atoms with Gasteiger partial charge >= 0.3 is 5.97 Å². The Hall–Kier alpha value is -0.570. The average molecular weight is 183 g/mol. The summed E-state index contributed by atoms with van der Waals surface area (Å²) in [6.07, 6.45) is 5.11. The average Bonchev–Trinajstić information content (AvgIpc) is 2.43. The van der Waals surface area contributed by atoms with Crippen molar-refractivity contribution in [3.63, 3.8) is 0 Å². The first kappa shape index (κ1) is 9.00. The summed E-state index contributed by atoms with van der Waals surface area (Å²) in [7, 11) is 0. The number of hydrogen-bond acceptors (Lipinski definition) is 2. The molecule has 3 nitrogen and oxygen atoms in total. The summed E-state index contributed by atoms with van der Waals surface area (Å²) in [5.74, 6) is 0.729. The molecular formula is C10H17NO2. The maximum atomic E-state index is 10.7. The van der Waals surface area contributed by atoms with Gasteiger partial charge in [0.15, 0.2) is 0 Å². The summed E-state index contributed by atoms with van der Waals surface area (Å²) in [4.78, 5) is 10.7. The number of aliphatic carboxylic acids is 1. The van der Waals surface area contributed by atoms with Crippen molar-refractivity contribution in [1.82, 2.24) is 0 Å². The van der Waals surface area contributed by atoms with E-state index >= 15 is 0 Å². The summed E-state index contributed by atoms with van der Waals surface area (Å²) in [6, 6.07) is 0. The third-order valence-corrected chi connectivity index (χ3v) is 4.02. The molecule has 0 spiro atoms. The molecule has 0 bridgehead atoms. The Morgan fingerprint density at radius 3 is 2.85 bits per heavy atom. The number of nitrogens with two attached hydrogens (primary N) is 1. The molecule has 3 N–H and O–H groups in total. The van der Waals surface area contributed by atoms with Crippen LogP contribution in [0.25, 0.3) is 0 Å². The van der Waals surface area contributed by atoms with E-state index in [0.29, 0.717) is 12.5 Å². The van der Waals surface area contributed by atoms with Crippen molar-refractivity contribution in [2.45, 2.75) is 32.1 Å². The van der Waals surface area contributed by atoms with E-state index in [9.17, 15) is 4.79 Å². The second-order valence-corrected chi connectivity index (χ2v) is 4.64. The van der Waals surface area contributed by atoms with Crippen LogP contribution in [0.15, 0.2) is 0 Å². The zero-order chi connectivity index (χ0) is 9.47. The molecule has 13 heavy (non-hydrogen) atoms. The normalized spacial score (nSPS) is 42.5. The standard InChI is InChI=1S/C10H17NO2/c11-6-10(5-9(12)13)4-7-2-1-3-8(7)10/h7-8H,1-6,11H2,(H,12,13)/t7-,8-,10?/m1/s1. The van der Waals surface area contributed by atoms with Gasteiger partial charge < -0.3 is 10.8 Å². The summed E-state index contributed by atoms with van der Waals surface area (Å²) in [6.45, 7) is 0.556. The van der Waals surface area contributed by atoms with Gasteiger partial charge in [0.1, 0.15) is 0 Å². The van der Waals surface area contributed by atoms with Gasteiger partial charge in [-0.3, -0.25) is 4.79 Å². The first-order valence-electron chi connectivity index (χ1n) is 5.10. The van der Waals surface area contributed by atoms with Crippen LogP contribution in [0.5, 0.6) is 0 Å². The quantitative estimate of drug-likeness (QED) is 0.691. The third kappa shape index (κ3) is 1.26. The fraction of sp³-hybridized carbons (Fsp3) is 0.900. The van der Waals surface area contributed by atoms with Gasteiger partial charge in [0, 0.05) is 0 Å². The van der Waals surface area contributed by atoms with Crippen LogP contribution in [-0.4, -0.2) is 17.6 Å². The van der Waals surface area contributed by atoms with Crippen LogP contribution in [0.4, 0.5) is 0 Å². The zero-order valence-electron chi connectivity index (χ0n) is 7.83. The third-order valence-electron chi connectivity index (χ3n) is 4.02. The molecular weight excluding hydrogens is 166 g/mol. The Balaban J connectivity index is 2.05. The smallest absolute Gasteiger partial charge is 0.303 e. The molecule has 3 atom stereocenters. The van der Waals surface area contributed by atoms with Crippen LogP contribution in [-0.2, 0) is 4.79 Å². The lowest BCUT2D eigenvalue weighted by atomic mass is 9.53. The molecule has 0 aromatic rings. The topological polar surface area (TPSA) is 63.3 Å². The van der Waals surface area contributed by atoms with Gasteiger partial charge in [-0.1, -0.05) is 12.8 Å². The Kier molecular flexibility index (Phi) is 2.06. The maximum absolute atomic E-state index is 10.7. The van der Waals surface area contributed by atoms with E-state index in [1.807, 2.05) is 0 Å². The molecule has 2 aliphatic rings. The van der Waals surface area contributed by atoms with Gasteiger partial charge in [0.25, 0.3) is 0 Å². The number of rotatable bonds is 3. The van der Waals surface area contributed by atoms with Crippen molar-refractivity contribution < 1.29 is 9.90 Å². The molecule has 0 heterocycles. The SMILES string of the molecule is NCC1(CC(=O)O)C[C@H]2CCC[C@H]21. The molecule has 0 aromatic heterocycles. The predicted molar refractivity (Wildman–Crippen MR) is 49.2 cm³/mol. The van der Waals surface area contributed by atoms with E-state index in [2.05, 4.69) is 0 Å². The minimum atomic E-state index is -0.684. The van der Waals surface area contributed by atoms with Gasteiger partial charge in [0.2, 0.25) is 0 Å². The lowest BCUT2D eigenvalue weighted by molar-refractivity contribution is -0.145. The maximum Gasteiger partial charge on any atom is 0.303 e. The van der Waals surface area contributed by atoms with Crippen molar-refractivity contribution in [1.29, 1.82) is 0 Å².